The van der Waals surface area contributed by atoms with Crippen LogP contribution in [-0.4, -0.2) is 34.3 Å². The zero-order valence-corrected chi connectivity index (χ0v) is 19.6. The molecule has 1 atom stereocenters. The van der Waals surface area contributed by atoms with E-state index in [9.17, 15) is 14.0 Å². The third-order valence-electron chi connectivity index (χ3n) is 5.51. The van der Waals surface area contributed by atoms with Gasteiger partial charge in [0.15, 0.2) is 0 Å². The van der Waals surface area contributed by atoms with E-state index < -0.39 is 6.04 Å². The number of hydrogen-bond acceptors (Lipinski definition) is 7. The van der Waals surface area contributed by atoms with Gasteiger partial charge >= 0.3 is 0 Å². The van der Waals surface area contributed by atoms with E-state index in [1.807, 2.05) is 26.0 Å². The lowest BCUT2D eigenvalue weighted by Crippen LogP contribution is -2.46. The van der Waals surface area contributed by atoms with Crippen LogP contribution in [0.5, 0.6) is 0 Å². The van der Waals surface area contributed by atoms with Gasteiger partial charge in [0.1, 0.15) is 17.7 Å². The van der Waals surface area contributed by atoms with Crippen LogP contribution in [0.25, 0.3) is 0 Å². The van der Waals surface area contributed by atoms with Gasteiger partial charge in [-0.2, -0.15) is 0 Å². The molecule has 2 amide bonds. The van der Waals surface area contributed by atoms with Gasteiger partial charge in [-0.15, -0.1) is 0 Å². The quantitative estimate of drug-likeness (QED) is 0.305. The summed E-state index contributed by atoms with van der Waals surface area (Å²) in [5.41, 5.74) is 15.4. The van der Waals surface area contributed by atoms with Crippen LogP contribution < -0.4 is 28.1 Å². The summed E-state index contributed by atoms with van der Waals surface area (Å²) >= 11 is 0. The highest BCUT2D eigenvalue weighted by Gasteiger charge is 2.34. The summed E-state index contributed by atoms with van der Waals surface area (Å²) in [7, 11) is 0. The van der Waals surface area contributed by atoms with Gasteiger partial charge in [-0.25, -0.2) is 9.37 Å². The first kappa shape index (κ1) is 26.6. The summed E-state index contributed by atoms with van der Waals surface area (Å²) < 4.78 is 12.8. The number of nitrogen functional groups attached to an aromatic ring is 1. The van der Waals surface area contributed by atoms with Crippen molar-refractivity contribution in [1.82, 2.24) is 20.6 Å². The molecule has 10 heteroatoms. The first-order chi connectivity index (χ1) is 16.3. The second-order valence-corrected chi connectivity index (χ2v) is 8.20. The maximum atomic E-state index is 12.8. The lowest BCUT2D eigenvalue weighted by Gasteiger charge is -2.24. The summed E-state index contributed by atoms with van der Waals surface area (Å²) in [5, 5.41) is 2.82. The Morgan fingerprint density at radius 1 is 1.26 bits per heavy atom. The summed E-state index contributed by atoms with van der Waals surface area (Å²) in [6, 6.07) is 9.94. The number of carbonyl (C=O) groups is 2. The third kappa shape index (κ3) is 7.45. The molecule has 1 aromatic carbocycles. The number of hydrazine groups is 1. The molecule has 8 N–H and O–H groups in total. The predicted octanol–water partition coefficient (Wildman–Crippen LogP) is 1.87. The van der Waals surface area contributed by atoms with Gasteiger partial charge < -0.3 is 27.1 Å². The lowest BCUT2D eigenvalue weighted by atomic mass is 10.0. The van der Waals surface area contributed by atoms with Crippen LogP contribution in [0.1, 0.15) is 50.2 Å². The minimum Gasteiger partial charge on any atom is -0.403 e. The Bertz CT molecular complexity index is 997. The smallest absolute Gasteiger partial charge is 0.243 e. The van der Waals surface area contributed by atoms with Crippen molar-refractivity contribution < 1.29 is 14.0 Å². The molecule has 1 aromatic heterocycles. The molecule has 1 aliphatic heterocycles. The number of anilines is 1. The number of nitrogens with two attached hydrogens (primary N) is 3. The predicted molar refractivity (Wildman–Crippen MR) is 130 cm³/mol. The fourth-order valence-electron chi connectivity index (χ4n) is 3.60. The van der Waals surface area contributed by atoms with E-state index in [2.05, 4.69) is 15.7 Å². The van der Waals surface area contributed by atoms with E-state index in [1.54, 1.807) is 29.3 Å². The van der Waals surface area contributed by atoms with Gasteiger partial charge in [-0.05, 0) is 36.5 Å². The minimum atomic E-state index is -0.493. The molecule has 2 heterocycles. The van der Waals surface area contributed by atoms with Gasteiger partial charge in [0.25, 0.3) is 0 Å². The number of aromatic nitrogens is 1. The van der Waals surface area contributed by atoms with Gasteiger partial charge in [-0.1, -0.05) is 38.1 Å². The highest BCUT2D eigenvalue weighted by Crippen LogP contribution is 2.20. The Morgan fingerprint density at radius 2 is 2.00 bits per heavy atom. The monoisotopic (exact) mass is 471 g/mol. The van der Waals surface area contributed by atoms with Crippen LogP contribution in [0.4, 0.5) is 10.2 Å². The van der Waals surface area contributed by atoms with Crippen molar-refractivity contribution in [2.45, 2.75) is 51.6 Å². The number of pyridine rings is 1. The Labute approximate surface area is 199 Å². The molecular formula is C24H34FN7O2. The van der Waals surface area contributed by atoms with E-state index in [0.29, 0.717) is 24.5 Å². The lowest BCUT2D eigenvalue weighted by molar-refractivity contribution is -0.138. The van der Waals surface area contributed by atoms with E-state index in [1.165, 1.54) is 12.3 Å². The van der Waals surface area contributed by atoms with Gasteiger partial charge in [0, 0.05) is 31.0 Å². The zero-order valence-electron chi connectivity index (χ0n) is 19.6. The molecule has 0 aliphatic carbocycles. The van der Waals surface area contributed by atoms with Gasteiger partial charge in [0.2, 0.25) is 11.8 Å². The number of nitrogens with one attached hydrogen (secondary N) is 2. The maximum Gasteiger partial charge on any atom is 0.243 e. The molecule has 0 bridgehead atoms. The first-order valence-corrected chi connectivity index (χ1v) is 11.2. The number of benzene rings is 1. The van der Waals surface area contributed by atoms with E-state index in [-0.39, 0.29) is 36.5 Å². The fourth-order valence-corrected chi connectivity index (χ4v) is 3.60. The summed E-state index contributed by atoms with van der Waals surface area (Å²) in [6.07, 6.45) is 4.26. The van der Waals surface area contributed by atoms with Crippen LogP contribution in [0.3, 0.4) is 0 Å². The standard InChI is InChI=1S/C15H23N7O2.C9H11F/c16-8-11(21-18)7-13(23)22-6-2-4-12(22)15(24)20-9-10-3-1-5-19-14(10)17;1-7(2)8-5-3-4-6-9(8)10/h1,3,5,8,12,21H,2,4,6-7,9,16,18H2,(H2,17,19)(H,20,24);3-7H,1-2H3/b11-8-;. The summed E-state index contributed by atoms with van der Waals surface area (Å²) in [4.78, 5) is 30.3. The average Bonchev–Trinajstić information content (AvgIpc) is 3.32. The number of carbonyl (C=O) groups excluding carboxylic acids is 2. The van der Waals surface area contributed by atoms with Crippen LogP contribution in [0, 0.1) is 5.82 Å². The van der Waals surface area contributed by atoms with Crippen LogP contribution >= 0.6 is 0 Å². The third-order valence-corrected chi connectivity index (χ3v) is 5.51. The minimum absolute atomic E-state index is 0.0341. The van der Waals surface area contributed by atoms with Gasteiger partial charge in [0.05, 0.1) is 12.1 Å². The molecule has 1 aliphatic rings. The molecule has 1 saturated heterocycles. The van der Waals surface area contributed by atoms with Gasteiger partial charge in [-0.3, -0.25) is 15.4 Å². The number of halogens is 1. The number of hydrogen-bond donors (Lipinski definition) is 5. The van der Waals surface area contributed by atoms with E-state index >= 15 is 0 Å². The van der Waals surface area contributed by atoms with E-state index in [4.69, 9.17) is 17.3 Å². The summed E-state index contributed by atoms with van der Waals surface area (Å²) in [5.74, 6) is 5.45. The average molecular weight is 472 g/mol. The fraction of sp³-hybridized carbons (Fsp3) is 0.375. The molecule has 0 spiro atoms. The molecule has 9 nitrogen and oxygen atoms in total. The van der Waals surface area contributed by atoms with Crippen LogP contribution in [0.15, 0.2) is 54.5 Å². The Morgan fingerprint density at radius 3 is 2.59 bits per heavy atom. The number of rotatable bonds is 7. The van der Waals surface area contributed by atoms with Crippen molar-refractivity contribution in [3.8, 4) is 0 Å². The Kier molecular flexibility index (Phi) is 10.3. The summed E-state index contributed by atoms with van der Waals surface area (Å²) in [6.45, 7) is 4.78. The Hall–Kier alpha value is -3.66. The largest absolute Gasteiger partial charge is 0.403 e. The van der Waals surface area contributed by atoms with Crippen molar-refractivity contribution >= 4 is 17.6 Å². The highest BCUT2D eigenvalue weighted by atomic mass is 19.1. The molecule has 1 fully saturated rings. The number of nitrogens with zero attached hydrogens (tertiary/aromatic N) is 2. The molecule has 0 radical (unpaired) electrons. The van der Waals surface area contributed by atoms with Crippen LogP contribution in [0.2, 0.25) is 0 Å². The molecule has 0 saturated carbocycles. The maximum absolute atomic E-state index is 12.8. The topological polar surface area (TPSA) is 152 Å². The SMILES string of the molecule is CC(C)c1ccccc1F.N/C=C(/CC(=O)N1CCCC1C(=O)NCc1cccnc1N)NN. The molecule has 1 unspecified atom stereocenters. The normalized spacial score (nSPS) is 15.5. The molecule has 2 aromatic rings. The van der Waals surface area contributed by atoms with Crippen molar-refractivity contribution in [3.05, 3.63) is 71.4 Å². The second kappa shape index (κ2) is 13.1. The van der Waals surface area contributed by atoms with Crippen molar-refractivity contribution in [2.24, 2.45) is 11.6 Å². The Balaban J connectivity index is 0.000000340. The van der Waals surface area contributed by atoms with Crippen molar-refractivity contribution in [1.29, 1.82) is 0 Å². The number of likely N-dealkylation sites (tertiary alicyclic amines) is 1. The van der Waals surface area contributed by atoms with Crippen molar-refractivity contribution in [2.75, 3.05) is 12.3 Å². The van der Waals surface area contributed by atoms with Crippen molar-refractivity contribution in [3.63, 3.8) is 0 Å². The highest BCUT2D eigenvalue weighted by molar-refractivity contribution is 5.89. The number of amides is 2. The molecule has 184 valence electrons. The molecule has 3 rings (SSSR count). The first-order valence-electron chi connectivity index (χ1n) is 11.2. The molecular weight excluding hydrogens is 437 g/mol. The molecule has 34 heavy (non-hydrogen) atoms. The van der Waals surface area contributed by atoms with E-state index in [0.717, 1.165) is 17.5 Å². The second-order valence-electron chi connectivity index (χ2n) is 8.20. The zero-order chi connectivity index (χ0) is 25.1. The van der Waals surface area contributed by atoms with Crippen LogP contribution in [-0.2, 0) is 16.1 Å².